The summed E-state index contributed by atoms with van der Waals surface area (Å²) >= 11 is 3.26. The molecule has 0 spiro atoms. The van der Waals surface area contributed by atoms with Gasteiger partial charge < -0.3 is 10.4 Å². The molecule has 20 heavy (non-hydrogen) atoms. The minimum Gasteiger partial charge on any atom is -0.378 e. The topological polar surface area (TPSA) is 73.1 Å². The van der Waals surface area contributed by atoms with Crippen molar-refractivity contribution in [1.82, 2.24) is 0 Å². The van der Waals surface area contributed by atoms with E-state index in [0.717, 1.165) is 4.47 Å². The Bertz CT molecular complexity index is 665. The van der Waals surface area contributed by atoms with Gasteiger partial charge in [-0.05, 0) is 23.8 Å². The van der Waals surface area contributed by atoms with Crippen LogP contribution in [0.5, 0.6) is 0 Å². The molecule has 1 amide bonds. The van der Waals surface area contributed by atoms with Crippen LogP contribution in [0.2, 0.25) is 0 Å². The van der Waals surface area contributed by atoms with E-state index < -0.39 is 12.0 Å². The maximum absolute atomic E-state index is 12.0. The Labute approximate surface area is 124 Å². The van der Waals surface area contributed by atoms with E-state index in [1.54, 1.807) is 48.5 Å². The highest BCUT2D eigenvalue weighted by atomic mass is 79.9. The minimum atomic E-state index is -1.27. The summed E-state index contributed by atoms with van der Waals surface area (Å²) in [6.45, 7) is 0. The maximum atomic E-state index is 12.0. The predicted octanol–water partition coefficient (Wildman–Crippen LogP) is 2.99. The van der Waals surface area contributed by atoms with Gasteiger partial charge in [-0.25, -0.2) is 0 Å². The molecule has 2 rings (SSSR count). The SMILES string of the molecule is N#Cc1cc(Br)ccc1NC(=O)C(O)c1ccccc1. The maximum Gasteiger partial charge on any atom is 0.257 e. The van der Waals surface area contributed by atoms with Crippen LogP contribution in [0.25, 0.3) is 0 Å². The Hall–Kier alpha value is -2.16. The van der Waals surface area contributed by atoms with Gasteiger partial charge in [0.05, 0.1) is 11.3 Å². The monoisotopic (exact) mass is 330 g/mol. The van der Waals surface area contributed by atoms with Crippen LogP contribution in [0.3, 0.4) is 0 Å². The van der Waals surface area contributed by atoms with Crippen molar-refractivity contribution in [3.63, 3.8) is 0 Å². The highest BCUT2D eigenvalue weighted by molar-refractivity contribution is 9.10. The zero-order valence-corrected chi connectivity index (χ0v) is 12.0. The highest BCUT2D eigenvalue weighted by Crippen LogP contribution is 2.22. The van der Waals surface area contributed by atoms with Crippen molar-refractivity contribution in [3.8, 4) is 6.07 Å². The van der Waals surface area contributed by atoms with Gasteiger partial charge in [0.1, 0.15) is 6.07 Å². The third-order valence-electron chi connectivity index (χ3n) is 2.72. The van der Waals surface area contributed by atoms with Crippen LogP contribution in [0.15, 0.2) is 53.0 Å². The van der Waals surface area contributed by atoms with Gasteiger partial charge in [-0.3, -0.25) is 4.79 Å². The third-order valence-corrected chi connectivity index (χ3v) is 3.22. The van der Waals surface area contributed by atoms with Crippen LogP contribution >= 0.6 is 15.9 Å². The average Bonchev–Trinajstić information content (AvgIpc) is 2.49. The van der Waals surface area contributed by atoms with E-state index in [9.17, 15) is 9.90 Å². The molecule has 0 aliphatic rings. The van der Waals surface area contributed by atoms with Crippen LogP contribution < -0.4 is 5.32 Å². The van der Waals surface area contributed by atoms with E-state index in [4.69, 9.17) is 5.26 Å². The molecule has 0 heterocycles. The number of nitrogens with zero attached hydrogens (tertiary/aromatic N) is 1. The first kappa shape index (κ1) is 14.3. The second-order valence-corrected chi connectivity index (χ2v) is 5.02. The summed E-state index contributed by atoms with van der Waals surface area (Å²) in [4.78, 5) is 12.0. The van der Waals surface area contributed by atoms with Crippen LogP contribution in [0, 0.1) is 11.3 Å². The molecular weight excluding hydrogens is 320 g/mol. The number of halogens is 1. The van der Waals surface area contributed by atoms with Gasteiger partial charge in [-0.1, -0.05) is 46.3 Å². The smallest absolute Gasteiger partial charge is 0.257 e. The van der Waals surface area contributed by atoms with Gasteiger partial charge in [0.25, 0.3) is 5.91 Å². The van der Waals surface area contributed by atoms with E-state index in [1.165, 1.54) is 0 Å². The summed E-state index contributed by atoms with van der Waals surface area (Å²) in [5, 5.41) is 21.5. The molecule has 0 aromatic heterocycles. The number of benzene rings is 2. The van der Waals surface area contributed by atoms with Crippen molar-refractivity contribution in [3.05, 3.63) is 64.1 Å². The first-order chi connectivity index (χ1) is 9.61. The Balaban J connectivity index is 2.19. The number of aliphatic hydroxyl groups excluding tert-OH is 1. The number of nitriles is 1. The molecule has 0 aliphatic heterocycles. The van der Waals surface area contributed by atoms with Gasteiger partial charge >= 0.3 is 0 Å². The predicted molar refractivity (Wildman–Crippen MR) is 78.9 cm³/mol. The fourth-order valence-electron chi connectivity index (χ4n) is 1.71. The highest BCUT2D eigenvalue weighted by Gasteiger charge is 2.18. The number of aliphatic hydroxyl groups is 1. The summed E-state index contributed by atoms with van der Waals surface area (Å²) in [6.07, 6.45) is -1.27. The molecule has 2 aromatic carbocycles. The molecule has 0 bridgehead atoms. The molecule has 1 unspecified atom stereocenters. The van der Waals surface area contributed by atoms with Gasteiger partial charge in [-0.2, -0.15) is 5.26 Å². The molecule has 0 aliphatic carbocycles. The van der Waals surface area contributed by atoms with E-state index in [1.807, 2.05) is 6.07 Å². The molecule has 5 heteroatoms. The van der Waals surface area contributed by atoms with E-state index in [-0.39, 0.29) is 0 Å². The first-order valence-electron chi connectivity index (χ1n) is 5.85. The number of amides is 1. The van der Waals surface area contributed by atoms with Crippen LogP contribution in [-0.2, 0) is 4.79 Å². The Kier molecular flexibility index (Phi) is 4.51. The molecular formula is C15H11BrN2O2. The number of carbonyl (C=O) groups is 1. The largest absolute Gasteiger partial charge is 0.378 e. The molecule has 1 atom stereocenters. The van der Waals surface area contributed by atoms with Gasteiger partial charge in [0.2, 0.25) is 0 Å². The summed E-state index contributed by atoms with van der Waals surface area (Å²) in [5.74, 6) is -0.574. The van der Waals surface area contributed by atoms with Crippen molar-refractivity contribution in [2.75, 3.05) is 5.32 Å². The molecule has 0 radical (unpaired) electrons. The molecule has 0 saturated carbocycles. The number of rotatable bonds is 3. The van der Waals surface area contributed by atoms with Gasteiger partial charge in [-0.15, -0.1) is 0 Å². The molecule has 0 saturated heterocycles. The van der Waals surface area contributed by atoms with Crippen molar-refractivity contribution in [2.45, 2.75) is 6.10 Å². The van der Waals surface area contributed by atoms with E-state index in [0.29, 0.717) is 16.8 Å². The Morgan fingerprint density at radius 1 is 1.25 bits per heavy atom. The Morgan fingerprint density at radius 3 is 2.60 bits per heavy atom. The standard InChI is InChI=1S/C15H11BrN2O2/c16-12-6-7-13(11(8-12)9-17)18-15(20)14(19)10-4-2-1-3-5-10/h1-8,14,19H,(H,18,20). The average molecular weight is 331 g/mol. The molecule has 2 N–H and O–H groups in total. The molecule has 2 aromatic rings. The van der Waals surface area contributed by atoms with E-state index in [2.05, 4.69) is 21.2 Å². The molecule has 4 nitrogen and oxygen atoms in total. The normalized spacial score (nSPS) is 11.4. The number of anilines is 1. The van der Waals surface area contributed by atoms with Crippen molar-refractivity contribution in [1.29, 1.82) is 5.26 Å². The lowest BCUT2D eigenvalue weighted by atomic mass is 10.1. The van der Waals surface area contributed by atoms with Crippen LogP contribution in [0.1, 0.15) is 17.2 Å². The Morgan fingerprint density at radius 2 is 1.95 bits per heavy atom. The lowest BCUT2D eigenvalue weighted by Crippen LogP contribution is -2.21. The fourth-order valence-corrected chi connectivity index (χ4v) is 2.07. The third kappa shape index (κ3) is 3.23. The summed E-state index contributed by atoms with van der Waals surface area (Å²) in [7, 11) is 0. The van der Waals surface area contributed by atoms with Crippen molar-refractivity contribution >= 4 is 27.5 Å². The summed E-state index contributed by atoms with van der Waals surface area (Å²) in [6, 6.07) is 15.5. The number of carbonyl (C=O) groups excluding carboxylic acids is 1. The number of nitrogens with one attached hydrogen (secondary N) is 1. The van der Waals surface area contributed by atoms with Gasteiger partial charge in [0.15, 0.2) is 6.10 Å². The molecule has 0 fully saturated rings. The quantitative estimate of drug-likeness (QED) is 0.908. The zero-order valence-electron chi connectivity index (χ0n) is 10.4. The summed E-state index contributed by atoms with van der Waals surface area (Å²) < 4.78 is 0.746. The van der Waals surface area contributed by atoms with Crippen molar-refractivity contribution < 1.29 is 9.90 Å². The number of hydrogen-bond donors (Lipinski definition) is 2. The minimum absolute atomic E-state index is 0.327. The van der Waals surface area contributed by atoms with E-state index >= 15 is 0 Å². The molecule has 100 valence electrons. The first-order valence-corrected chi connectivity index (χ1v) is 6.64. The summed E-state index contributed by atoms with van der Waals surface area (Å²) in [5.41, 5.74) is 1.20. The van der Waals surface area contributed by atoms with Crippen LogP contribution in [0.4, 0.5) is 5.69 Å². The lowest BCUT2D eigenvalue weighted by Gasteiger charge is -2.12. The lowest BCUT2D eigenvalue weighted by molar-refractivity contribution is -0.124. The second kappa shape index (κ2) is 6.33. The second-order valence-electron chi connectivity index (χ2n) is 4.10. The van der Waals surface area contributed by atoms with Crippen LogP contribution in [-0.4, -0.2) is 11.0 Å². The fraction of sp³-hybridized carbons (Fsp3) is 0.0667. The zero-order chi connectivity index (χ0) is 14.5. The number of hydrogen-bond acceptors (Lipinski definition) is 3. The van der Waals surface area contributed by atoms with Gasteiger partial charge in [0, 0.05) is 4.47 Å². The van der Waals surface area contributed by atoms with Crippen molar-refractivity contribution in [2.24, 2.45) is 0 Å².